The lowest BCUT2D eigenvalue weighted by Crippen LogP contribution is -2.51. The molecule has 8 heteroatoms. The molecule has 1 aromatic carbocycles. The smallest absolute Gasteiger partial charge is 0.410 e. The highest BCUT2D eigenvalue weighted by Crippen LogP contribution is 2.21. The summed E-state index contributed by atoms with van der Waals surface area (Å²) in [5, 5.41) is 12.9. The summed E-state index contributed by atoms with van der Waals surface area (Å²) >= 11 is 5.85. The van der Waals surface area contributed by atoms with Gasteiger partial charge in [0.1, 0.15) is 11.4 Å². The van der Waals surface area contributed by atoms with E-state index in [1.54, 1.807) is 4.90 Å². The van der Waals surface area contributed by atoms with Crippen LogP contribution in [0.25, 0.3) is 0 Å². The Morgan fingerprint density at radius 3 is 2.50 bits per heavy atom. The fourth-order valence-electron chi connectivity index (χ4n) is 2.59. The zero-order chi connectivity index (χ0) is 19.3. The van der Waals surface area contributed by atoms with Gasteiger partial charge in [0.15, 0.2) is 0 Å². The lowest BCUT2D eigenvalue weighted by molar-refractivity contribution is 0.0147. The van der Waals surface area contributed by atoms with Crippen molar-refractivity contribution in [1.29, 1.82) is 0 Å². The summed E-state index contributed by atoms with van der Waals surface area (Å²) in [5.41, 5.74) is -0.336. The molecular formula is C18H26ClN3O4. The van der Waals surface area contributed by atoms with Gasteiger partial charge < -0.3 is 20.1 Å². The minimum Gasteiger partial charge on any atom is -0.507 e. The third-order valence-electron chi connectivity index (χ3n) is 3.94. The molecule has 1 fully saturated rings. The number of nitrogens with one attached hydrogen (secondary N) is 1. The van der Waals surface area contributed by atoms with E-state index in [0.29, 0.717) is 31.2 Å². The van der Waals surface area contributed by atoms with Crippen molar-refractivity contribution in [1.82, 2.24) is 15.1 Å². The molecule has 0 radical (unpaired) electrons. The number of halogens is 1. The second kappa shape index (κ2) is 8.60. The number of nitrogens with zero attached hydrogens (tertiary/aromatic N) is 2. The molecule has 0 saturated carbocycles. The van der Waals surface area contributed by atoms with Gasteiger partial charge in [-0.25, -0.2) is 4.79 Å². The second-order valence-corrected chi connectivity index (χ2v) is 7.66. The fraction of sp³-hybridized carbons (Fsp3) is 0.556. The monoisotopic (exact) mass is 383 g/mol. The number of aromatic hydroxyl groups is 1. The molecule has 2 N–H and O–H groups in total. The van der Waals surface area contributed by atoms with E-state index in [0.717, 1.165) is 13.1 Å². The highest BCUT2D eigenvalue weighted by molar-refractivity contribution is 6.31. The largest absolute Gasteiger partial charge is 0.507 e. The van der Waals surface area contributed by atoms with Gasteiger partial charge in [-0.2, -0.15) is 0 Å². The number of ether oxygens (including phenoxy) is 1. The number of hydrogen-bond donors (Lipinski definition) is 2. The molecule has 2 rings (SSSR count). The van der Waals surface area contributed by atoms with Gasteiger partial charge >= 0.3 is 6.09 Å². The molecule has 0 spiro atoms. The average molecular weight is 384 g/mol. The molecular weight excluding hydrogens is 358 g/mol. The van der Waals surface area contributed by atoms with Crippen LogP contribution in [0.1, 0.15) is 31.1 Å². The Morgan fingerprint density at radius 2 is 1.88 bits per heavy atom. The predicted molar refractivity (Wildman–Crippen MR) is 99.7 cm³/mol. The third-order valence-corrected chi connectivity index (χ3v) is 4.18. The summed E-state index contributed by atoms with van der Waals surface area (Å²) in [5.74, 6) is -0.463. The van der Waals surface area contributed by atoms with E-state index in [2.05, 4.69) is 10.2 Å². The van der Waals surface area contributed by atoms with Crippen LogP contribution in [0.3, 0.4) is 0 Å². The Hall–Kier alpha value is -1.99. The van der Waals surface area contributed by atoms with E-state index in [1.807, 2.05) is 20.8 Å². The molecule has 1 aliphatic heterocycles. The Labute approximate surface area is 158 Å². The molecule has 1 aliphatic rings. The first kappa shape index (κ1) is 20.3. The predicted octanol–water partition coefficient (Wildman–Crippen LogP) is 2.33. The molecule has 1 heterocycles. The van der Waals surface area contributed by atoms with Crippen molar-refractivity contribution in [2.75, 3.05) is 39.3 Å². The van der Waals surface area contributed by atoms with E-state index >= 15 is 0 Å². The molecule has 0 atom stereocenters. The number of hydrogen-bond acceptors (Lipinski definition) is 5. The summed E-state index contributed by atoms with van der Waals surface area (Å²) in [6.07, 6.45) is -0.290. The minimum absolute atomic E-state index is 0.0992. The van der Waals surface area contributed by atoms with Gasteiger partial charge in [0.05, 0.1) is 5.56 Å². The van der Waals surface area contributed by atoms with Crippen molar-refractivity contribution in [2.45, 2.75) is 26.4 Å². The zero-order valence-electron chi connectivity index (χ0n) is 15.4. The molecule has 0 unspecified atom stereocenters. The van der Waals surface area contributed by atoms with Crippen LogP contribution in [0, 0.1) is 0 Å². The number of benzene rings is 1. The van der Waals surface area contributed by atoms with E-state index < -0.39 is 5.60 Å². The molecule has 2 amide bonds. The van der Waals surface area contributed by atoms with Crippen LogP contribution in [0.5, 0.6) is 5.75 Å². The molecule has 0 aliphatic carbocycles. The first-order chi connectivity index (χ1) is 12.2. The number of carbonyl (C=O) groups is 2. The Bertz CT molecular complexity index is 652. The van der Waals surface area contributed by atoms with Crippen LogP contribution in [0.4, 0.5) is 4.79 Å². The van der Waals surface area contributed by atoms with Crippen molar-refractivity contribution < 1.29 is 19.4 Å². The van der Waals surface area contributed by atoms with Crippen molar-refractivity contribution in [2.24, 2.45) is 0 Å². The molecule has 1 saturated heterocycles. The van der Waals surface area contributed by atoms with E-state index in [-0.39, 0.29) is 23.3 Å². The quantitative estimate of drug-likeness (QED) is 0.833. The second-order valence-electron chi connectivity index (χ2n) is 7.23. The van der Waals surface area contributed by atoms with Crippen molar-refractivity contribution in [3.05, 3.63) is 28.8 Å². The van der Waals surface area contributed by atoms with Crippen LogP contribution < -0.4 is 5.32 Å². The minimum atomic E-state index is -0.496. The number of piperazine rings is 1. The van der Waals surface area contributed by atoms with Crippen LogP contribution in [-0.2, 0) is 4.74 Å². The molecule has 0 aromatic heterocycles. The zero-order valence-corrected chi connectivity index (χ0v) is 16.2. The highest BCUT2D eigenvalue weighted by atomic mass is 35.5. The normalized spacial score (nSPS) is 15.6. The average Bonchev–Trinajstić information content (AvgIpc) is 2.56. The molecule has 1 aromatic rings. The summed E-state index contributed by atoms with van der Waals surface area (Å²) in [7, 11) is 0. The number of rotatable bonds is 4. The number of phenolic OH excluding ortho intramolecular Hbond substituents is 1. The Balaban J connectivity index is 1.73. The highest BCUT2D eigenvalue weighted by Gasteiger charge is 2.25. The summed E-state index contributed by atoms with van der Waals surface area (Å²) in [6.45, 7) is 9.28. The van der Waals surface area contributed by atoms with Crippen LogP contribution in [0.2, 0.25) is 5.02 Å². The van der Waals surface area contributed by atoms with Gasteiger partial charge in [-0.05, 0) is 39.0 Å². The van der Waals surface area contributed by atoms with Crippen LogP contribution >= 0.6 is 11.6 Å². The Kier molecular flexibility index (Phi) is 6.72. The summed E-state index contributed by atoms with van der Waals surface area (Å²) in [4.78, 5) is 28.0. The standard InChI is InChI=1S/C18H26ClN3O4/c1-18(2,3)26-17(25)22-10-8-21(9-11-22)7-6-20-16(24)14-12-13(19)4-5-15(14)23/h4-5,12,23H,6-11H2,1-3H3,(H,20,24). The Morgan fingerprint density at radius 1 is 1.23 bits per heavy atom. The fourth-order valence-corrected chi connectivity index (χ4v) is 2.77. The molecule has 7 nitrogen and oxygen atoms in total. The van der Waals surface area contributed by atoms with Gasteiger partial charge in [-0.1, -0.05) is 11.6 Å². The number of carbonyl (C=O) groups excluding carboxylic acids is 2. The molecule has 0 bridgehead atoms. The SMILES string of the molecule is CC(C)(C)OC(=O)N1CCN(CCNC(=O)c2cc(Cl)ccc2O)CC1. The maximum Gasteiger partial charge on any atom is 0.410 e. The lowest BCUT2D eigenvalue weighted by atomic mass is 10.2. The summed E-state index contributed by atoms with van der Waals surface area (Å²) < 4.78 is 5.37. The third kappa shape index (κ3) is 6.07. The lowest BCUT2D eigenvalue weighted by Gasteiger charge is -2.35. The maximum absolute atomic E-state index is 12.1. The first-order valence-electron chi connectivity index (χ1n) is 8.63. The first-order valence-corrected chi connectivity index (χ1v) is 9.00. The number of amides is 2. The van der Waals surface area contributed by atoms with Crippen LogP contribution in [-0.4, -0.2) is 71.8 Å². The van der Waals surface area contributed by atoms with E-state index in [4.69, 9.17) is 16.3 Å². The van der Waals surface area contributed by atoms with Gasteiger partial charge in [0.2, 0.25) is 0 Å². The van der Waals surface area contributed by atoms with Crippen molar-refractivity contribution in [3.63, 3.8) is 0 Å². The van der Waals surface area contributed by atoms with Crippen molar-refractivity contribution in [3.8, 4) is 5.75 Å². The van der Waals surface area contributed by atoms with Gasteiger partial charge in [0, 0.05) is 44.3 Å². The van der Waals surface area contributed by atoms with E-state index in [1.165, 1.54) is 18.2 Å². The van der Waals surface area contributed by atoms with Crippen molar-refractivity contribution >= 4 is 23.6 Å². The van der Waals surface area contributed by atoms with Gasteiger partial charge in [-0.15, -0.1) is 0 Å². The van der Waals surface area contributed by atoms with Crippen LogP contribution in [0.15, 0.2) is 18.2 Å². The summed E-state index contributed by atoms with van der Waals surface area (Å²) in [6, 6.07) is 4.36. The topological polar surface area (TPSA) is 82.1 Å². The van der Waals surface area contributed by atoms with Gasteiger partial charge in [0.25, 0.3) is 5.91 Å². The van der Waals surface area contributed by atoms with Gasteiger partial charge in [-0.3, -0.25) is 9.69 Å². The molecule has 144 valence electrons. The van der Waals surface area contributed by atoms with E-state index in [9.17, 15) is 14.7 Å². The maximum atomic E-state index is 12.1. The molecule has 26 heavy (non-hydrogen) atoms. The number of phenols is 1.